The van der Waals surface area contributed by atoms with Gasteiger partial charge in [-0.05, 0) is 56.3 Å². The number of likely N-dealkylation sites (N-methyl/N-ethyl adjacent to an activating group) is 1. The first-order valence-corrected chi connectivity index (χ1v) is 12.5. The van der Waals surface area contributed by atoms with Gasteiger partial charge in [-0.2, -0.15) is 0 Å². The van der Waals surface area contributed by atoms with Crippen molar-refractivity contribution >= 4 is 34.8 Å². The molecule has 192 valence electrons. The van der Waals surface area contributed by atoms with Gasteiger partial charge >= 0.3 is 0 Å². The summed E-state index contributed by atoms with van der Waals surface area (Å²) in [7, 11) is 1.76. The predicted molar refractivity (Wildman–Crippen MR) is 140 cm³/mol. The molecule has 9 heteroatoms. The van der Waals surface area contributed by atoms with Crippen LogP contribution < -0.4 is 15.5 Å². The van der Waals surface area contributed by atoms with Gasteiger partial charge in [0.1, 0.15) is 0 Å². The van der Waals surface area contributed by atoms with E-state index in [1.807, 2.05) is 54.6 Å². The van der Waals surface area contributed by atoms with Crippen molar-refractivity contribution in [1.29, 1.82) is 0 Å². The Bertz CT molecular complexity index is 1020. The fourth-order valence-electron chi connectivity index (χ4n) is 4.57. The molecule has 2 saturated heterocycles. The fourth-order valence-corrected chi connectivity index (χ4v) is 4.57. The molecule has 2 aliphatic heterocycles. The highest BCUT2D eigenvalue weighted by molar-refractivity contribution is 5.93. The number of morpholine rings is 1. The molecule has 2 aromatic carbocycles. The minimum absolute atomic E-state index is 0.0000610. The molecule has 0 aliphatic carbocycles. The molecule has 0 saturated carbocycles. The van der Waals surface area contributed by atoms with Gasteiger partial charge in [0.25, 0.3) is 0 Å². The van der Waals surface area contributed by atoms with Crippen molar-refractivity contribution in [2.45, 2.75) is 12.8 Å². The molecule has 0 radical (unpaired) electrons. The summed E-state index contributed by atoms with van der Waals surface area (Å²) in [6.07, 6.45) is 1.27. The van der Waals surface area contributed by atoms with Crippen LogP contribution in [0.1, 0.15) is 12.8 Å². The number of hydrogen-bond donors (Lipinski definition) is 2. The topological polar surface area (TPSA) is 94.2 Å². The number of piperidine rings is 1. The summed E-state index contributed by atoms with van der Waals surface area (Å²) in [6.45, 7) is 4.54. The summed E-state index contributed by atoms with van der Waals surface area (Å²) in [4.78, 5) is 43.5. The number of nitrogens with zero attached hydrogens (tertiary/aromatic N) is 3. The second-order valence-corrected chi connectivity index (χ2v) is 9.38. The summed E-state index contributed by atoms with van der Waals surface area (Å²) in [5, 5.41) is 5.85. The zero-order valence-corrected chi connectivity index (χ0v) is 20.8. The van der Waals surface area contributed by atoms with Crippen LogP contribution in [-0.4, -0.2) is 87.1 Å². The summed E-state index contributed by atoms with van der Waals surface area (Å²) < 4.78 is 5.39. The third-order valence-corrected chi connectivity index (χ3v) is 6.61. The number of hydrogen-bond acceptors (Lipinski definition) is 6. The number of para-hydroxylation sites is 1. The smallest absolute Gasteiger partial charge is 0.238 e. The summed E-state index contributed by atoms with van der Waals surface area (Å²) in [6, 6.07) is 17.2. The Hall–Kier alpha value is -3.43. The molecule has 0 bridgehead atoms. The SMILES string of the molecule is CN(CC(=O)Nc1ccc(N2CCOCC2)cc1)CC(=O)N1CCC(C(=O)Nc2ccccc2)CC1. The van der Waals surface area contributed by atoms with Gasteiger partial charge in [-0.1, -0.05) is 18.2 Å². The molecule has 0 unspecified atom stereocenters. The molecule has 2 fully saturated rings. The van der Waals surface area contributed by atoms with Gasteiger partial charge in [0.2, 0.25) is 17.7 Å². The maximum Gasteiger partial charge on any atom is 0.238 e. The van der Waals surface area contributed by atoms with E-state index in [1.54, 1.807) is 16.8 Å². The Kier molecular flexibility index (Phi) is 8.91. The number of amides is 3. The Labute approximate surface area is 212 Å². The molecule has 3 amide bonds. The fraction of sp³-hybridized carbons (Fsp3) is 0.444. The van der Waals surface area contributed by atoms with E-state index in [-0.39, 0.29) is 36.7 Å². The lowest BCUT2D eigenvalue weighted by molar-refractivity contribution is -0.135. The molecule has 2 heterocycles. The van der Waals surface area contributed by atoms with Crippen molar-refractivity contribution in [2.24, 2.45) is 5.92 Å². The summed E-state index contributed by atoms with van der Waals surface area (Å²) >= 11 is 0. The average Bonchev–Trinajstić information content (AvgIpc) is 2.90. The van der Waals surface area contributed by atoms with Crippen LogP contribution in [0, 0.1) is 5.92 Å². The van der Waals surface area contributed by atoms with Crippen LogP contribution in [0.15, 0.2) is 54.6 Å². The van der Waals surface area contributed by atoms with Gasteiger partial charge in [0.15, 0.2) is 0 Å². The van der Waals surface area contributed by atoms with E-state index in [4.69, 9.17) is 4.74 Å². The number of ether oxygens (including phenoxy) is 1. The van der Waals surface area contributed by atoms with Crippen LogP contribution in [0.25, 0.3) is 0 Å². The first kappa shape index (κ1) is 25.7. The maximum absolute atomic E-state index is 12.7. The first-order chi connectivity index (χ1) is 17.5. The Morgan fingerprint density at radius 3 is 2.17 bits per heavy atom. The van der Waals surface area contributed by atoms with E-state index in [0.717, 1.165) is 43.4 Å². The molecule has 2 aromatic rings. The second-order valence-electron chi connectivity index (χ2n) is 9.38. The molecular formula is C27H35N5O4. The number of anilines is 3. The number of likely N-dealkylation sites (tertiary alicyclic amines) is 1. The molecule has 0 atom stereocenters. The highest BCUT2D eigenvalue weighted by Crippen LogP contribution is 2.21. The first-order valence-electron chi connectivity index (χ1n) is 12.5. The van der Waals surface area contributed by atoms with Crippen LogP contribution in [-0.2, 0) is 19.1 Å². The number of rotatable bonds is 8. The molecule has 0 aromatic heterocycles. The number of carbonyl (C=O) groups excluding carboxylic acids is 3. The quantitative estimate of drug-likeness (QED) is 0.586. The van der Waals surface area contributed by atoms with Gasteiger partial charge < -0.3 is 25.2 Å². The van der Waals surface area contributed by atoms with E-state index in [9.17, 15) is 14.4 Å². The minimum Gasteiger partial charge on any atom is -0.378 e. The Morgan fingerprint density at radius 2 is 1.50 bits per heavy atom. The minimum atomic E-state index is -0.166. The molecule has 2 aliphatic rings. The van der Waals surface area contributed by atoms with Crippen LogP contribution in [0.4, 0.5) is 17.1 Å². The number of nitrogens with one attached hydrogen (secondary N) is 2. The van der Waals surface area contributed by atoms with Gasteiger partial charge in [0, 0.05) is 49.2 Å². The highest BCUT2D eigenvalue weighted by atomic mass is 16.5. The van der Waals surface area contributed by atoms with Gasteiger partial charge in [0.05, 0.1) is 26.3 Å². The third-order valence-electron chi connectivity index (χ3n) is 6.61. The standard InChI is InChI=1S/C27H35N5O4/c1-30(19-25(33)28-23-7-9-24(10-8-23)31-15-17-36-18-16-31)20-26(34)32-13-11-21(12-14-32)27(35)29-22-5-3-2-4-6-22/h2-10,21H,11-20H2,1H3,(H,28,33)(H,29,35). The zero-order valence-electron chi connectivity index (χ0n) is 20.8. The normalized spacial score (nSPS) is 16.6. The van der Waals surface area contributed by atoms with Gasteiger partial charge in [-0.3, -0.25) is 19.3 Å². The third kappa shape index (κ3) is 7.29. The molecule has 0 spiro atoms. The summed E-state index contributed by atoms with van der Waals surface area (Å²) in [5.74, 6) is -0.296. The Balaban J connectivity index is 1.16. The van der Waals surface area contributed by atoms with Gasteiger partial charge in [-0.25, -0.2) is 0 Å². The molecule has 36 heavy (non-hydrogen) atoms. The van der Waals surface area contributed by atoms with Crippen LogP contribution in [0.2, 0.25) is 0 Å². The lowest BCUT2D eigenvalue weighted by Gasteiger charge is -2.32. The molecule has 9 nitrogen and oxygen atoms in total. The highest BCUT2D eigenvalue weighted by Gasteiger charge is 2.28. The van der Waals surface area contributed by atoms with Crippen molar-refractivity contribution in [3.05, 3.63) is 54.6 Å². The van der Waals surface area contributed by atoms with Crippen LogP contribution >= 0.6 is 0 Å². The molecule has 2 N–H and O–H groups in total. The lowest BCUT2D eigenvalue weighted by atomic mass is 9.95. The number of benzene rings is 2. The zero-order chi connectivity index (χ0) is 25.3. The van der Waals surface area contributed by atoms with Crippen LogP contribution in [0.5, 0.6) is 0 Å². The van der Waals surface area contributed by atoms with Crippen molar-refractivity contribution < 1.29 is 19.1 Å². The van der Waals surface area contributed by atoms with E-state index < -0.39 is 0 Å². The molecular weight excluding hydrogens is 458 g/mol. The second kappa shape index (κ2) is 12.5. The summed E-state index contributed by atoms with van der Waals surface area (Å²) in [5.41, 5.74) is 2.63. The number of carbonyl (C=O) groups is 3. The van der Waals surface area contributed by atoms with E-state index in [0.29, 0.717) is 25.9 Å². The van der Waals surface area contributed by atoms with Gasteiger partial charge in [-0.15, -0.1) is 0 Å². The lowest BCUT2D eigenvalue weighted by Crippen LogP contribution is -2.46. The van der Waals surface area contributed by atoms with E-state index >= 15 is 0 Å². The molecule has 4 rings (SSSR count). The van der Waals surface area contributed by atoms with Crippen molar-refractivity contribution in [1.82, 2.24) is 9.80 Å². The maximum atomic E-state index is 12.7. The average molecular weight is 494 g/mol. The van der Waals surface area contributed by atoms with Crippen LogP contribution in [0.3, 0.4) is 0 Å². The van der Waals surface area contributed by atoms with E-state index in [2.05, 4.69) is 15.5 Å². The Morgan fingerprint density at radius 1 is 0.861 bits per heavy atom. The van der Waals surface area contributed by atoms with Crippen molar-refractivity contribution in [3.63, 3.8) is 0 Å². The predicted octanol–water partition coefficient (Wildman–Crippen LogP) is 2.27. The monoisotopic (exact) mass is 493 g/mol. The van der Waals surface area contributed by atoms with Crippen molar-refractivity contribution in [2.75, 3.05) is 75.1 Å². The largest absolute Gasteiger partial charge is 0.378 e. The van der Waals surface area contributed by atoms with Crippen molar-refractivity contribution in [3.8, 4) is 0 Å². The van der Waals surface area contributed by atoms with E-state index in [1.165, 1.54) is 0 Å².